The molecule has 90 valence electrons. The molecule has 0 aliphatic carbocycles. The minimum Gasteiger partial charge on any atom is -0.438 e. The highest BCUT2D eigenvalue weighted by Crippen LogP contribution is 1.89. The van der Waals surface area contributed by atoms with Crippen LogP contribution in [-0.4, -0.2) is 39.2 Å². The lowest BCUT2D eigenvalue weighted by molar-refractivity contribution is 0.0496. The molecule has 0 aromatic heterocycles. The topological polar surface area (TPSA) is 71.1 Å². The maximum Gasteiger partial charge on any atom is 0.508 e. The van der Waals surface area contributed by atoms with Gasteiger partial charge in [0.2, 0.25) is 0 Å². The molecule has 0 saturated heterocycles. The van der Waals surface area contributed by atoms with E-state index in [1.165, 1.54) is 14.2 Å². The average molecular weight is 222 g/mol. The van der Waals surface area contributed by atoms with Gasteiger partial charge in [0.15, 0.2) is 0 Å². The Balaban J connectivity index is 0. The van der Waals surface area contributed by atoms with Gasteiger partial charge in [-0.05, 0) is 20.8 Å². The Labute approximate surface area is 89.4 Å². The molecule has 0 aliphatic rings. The van der Waals surface area contributed by atoms with Crippen LogP contribution in [0.1, 0.15) is 20.8 Å². The van der Waals surface area contributed by atoms with Crippen LogP contribution in [0.5, 0.6) is 0 Å². The fraction of sp³-hybridized carbons (Fsp3) is 0.778. The molecule has 0 amide bonds. The molecule has 0 atom stereocenters. The first-order valence-corrected chi connectivity index (χ1v) is 4.43. The summed E-state index contributed by atoms with van der Waals surface area (Å²) in [5.74, 6) is 0. The van der Waals surface area contributed by atoms with Crippen molar-refractivity contribution in [2.24, 2.45) is 0 Å². The fourth-order valence-electron chi connectivity index (χ4n) is 0.417. The molecule has 0 N–H and O–H groups in total. The predicted molar refractivity (Wildman–Crippen MR) is 52.7 cm³/mol. The summed E-state index contributed by atoms with van der Waals surface area (Å²) in [5, 5.41) is 0. The van der Waals surface area contributed by atoms with Gasteiger partial charge in [0.25, 0.3) is 0 Å². The van der Waals surface area contributed by atoms with E-state index < -0.39 is 12.3 Å². The van der Waals surface area contributed by atoms with Gasteiger partial charge in [-0.1, -0.05) is 0 Å². The second kappa shape index (κ2) is 10.6. The molecule has 0 rings (SSSR count). The van der Waals surface area contributed by atoms with Crippen LogP contribution in [0.3, 0.4) is 0 Å². The number of methoxy groups -OCH3 is 2. The molecule has 0 fully saturated rings. The minimum absolute atomic E-state index is 0.0950. The molecule has 0 aromatic rings. The highest BCUT2D eigenvalue weighted by atomic mass is 16.7. The van der Waals surface area contributed by atoms with Crippen molar-refractivity contribution in [1.82, 2.24) is 0 Å². The zero-order chi connectivity index (χ0) is 12.3. The molecule has 0 radical (unpaired) electrons. The number of hydrogen-bond donors (Lipinski definition) is 0. The van der Waals surface area contributed by atoms with Crippen molar-refractivity contribution in [3.63, 3.8) is 0 Å². The van der Waals surface area contributed by atoms with E-state index in [9.17, 15) is 9.59 Å². The smallest absolute Gasteiger partial charge is 0.438 e. The first-order chi connectivity index (χ1) is 6.97. The summed E-state index contributed by atoms with van der Waals surface area (Å²) in [7, 11) is 2.56. The zero-order valence-electron chi connectivity index (χ0n) is 9.73. The standard InChI is InChI=1S/C5H10O3.C4H8O3/c1-4(2)8-5(6)7-3;1-3-7-4(5)6-2/h4H,1-3H3;3H2,1-2H3. The van der Waals surface area contributed by atoms with Crippen molar-refractivity contribution < 1.29 is 28.5 Å². The van der Waals surface area contributed by atoms with E-state index in [2.05, 4.69) is 18.9 Å². The summed E-state index contributed by atoms with van der Waals surface area (Å²) in [4.78, 5) is 20.1. The molecule has 0 saturated carbocycles. The van der Waals surface area contributed by atoms with Crippen LogP contribution in [0.2, 0.25) is 0 Å². The van der Waals surface area contributed by atoms with E-state index in [0.29, 0.717) is 6.61 Å². The van der Waals surface area contributed by atoms with E-state index in [4.69, 9.17) is 0 Å². The third-order valence-corrected chi connectivity index (χ3v) is 0.927. The molecule has 0 unspecified atom stereocenters. The molecule has 0 bridgehead atoms. The molecular formula is C9H18O6. The third-order valence-electron chi connectivity index (χ3n) is 0.927. The highest BCUT2D eigenvalue weighted by Gasteiger charge is 2.01. The SMILES string of the molecule is CCOC(=O)OC.COC(=O)OC(C)C. The number of rotatable bonds is 2. The van der Waals surface area contributed by atoms with Crippen molar-refractivity contribution in [3.05, 3.63) is 0 Å². The van der Waals surface area contributed by atoms with Crippen LogP contribution >= 0.6 is 0 Å². The van der Waals surface area contributed by atoms with Gasteiger partial charge in [0.1, 0.15) is 0 Å². The normalized spacial score (nSPS) is 8.40. The van der Waals surface area contributed by atoms with Crippen LogP contribution in [-0.2, 0) is 18.9 Å². The van der Waals surface area contributed by atoms with Crippen molar-refractivity contribution in [3.8, 4) is 0 Å². The lowest BCUT2D eigenvalue weighted by Gasteiger charge is -2.03. The first-order valence-electron chi connectivity index (χ1n) is 4.43. The van der Waals surface area contributed by atoms with Crippen molar-refractivity contribution in [2.75, 3.05) is 20.8 Å². The lowest BCUT2D eigenvalue weighted by Crippen LogP contribution is -2.10. The number of carbonyl (C=O) groups excluding carboxylic acids is 2. The van der Waals surface area contributed by atoms with E-state index in [1.54, 1.807) is 20.8 Å². The van der Waals surface area contributed by atoms with Crippen LogP contribution in [0.25, 0.3) is 0 Å². The summed E-state index contributed by atoms with van der Waals surface area (Å²) in [6.45, 7) is 5.61. The molecule has 6 heteroatoms. The molecule has 0 aromatic carbocycles. The second-order valence-electron chi connectivity index (χ2n) is 2.51. The van der Waals surface area contributed by atoms with Crippen molar-refractivity contribution >= 4 is 12.3 Å². The van der Waals surface area contributed by atoms with Crippen molar-refractivity contribution in [1.29, 1.82) is 0 Å². The van der Waals surface area contributed by atoms with E-state index in [1.807, 2.05) is 0 Å². The Bertz CT molecular complexity index is 177. The quantitative estimate of drug-likeness (QED) is 0.665. The van der Waals surface area contributed by atoms with Gasteiger partial charge in [0.05, 0.1) is 26.9 Å². The van der Waals surface area contributed by atoms with Crippen LogP contribution < -0.4 is 0 Å². The molecular weight excluding hydrogens is 204 g/mol. The minimum atomic E-state index is -0.625. The van der Waals surface area contributed by atoms with Crippen LogP contribution in [0.15, 0.2) is 0 Å². The fourth-order valence-corrected chi connectivity index (χ4v) is 0.417. The molecule has 15 heavy (non-hydrogen) atoms. The summed E-state index contributed by atoms with van der Waals surface area (Å²) >= 11 is 0. The molecule has 6 nitrogen and oxygen atoms in total. The summed E-state index contributed by atoms with van der Waals surface area (Å²) in [6, 6.07) is 0. The van der Waals surface area contributed by atoms with E-state index >= 15 is 0 Å². The monoisotopic (exact) mass is 222 g/mol. The van der Waals surface area contributed by atoms with Crippen LogP contribution in [0.4, 0.5) is 9.59 Å². The lowest BCUT2D eigenvalue weighted by atomic mass is 10.5. The Hall–Kier alpha value is -1.46. The highest BCUT2D eigenvalue weighted by molar-refractivity contribution is 5.59. The van der Waals surface area contributed by atoms with Gasteiger partial charge in [0, 0.05) is 0 Å². The van der Waals surface area contributed by atoms with Crippen molar-refractivity contribution in [2.45, 2.75) is 26.9 Å². The number of ether oxygens (including phenoxy) is 4. The largest absolute Gasteiger partial charge is 0.508 e. The molecule has 0 heterocycles. The maximum atomic E-state index is 10.2. The van der Waals surface area contributed by atoms with E-state index in [-0.39, 0.29) is 6.10 Å². The summed E-state index contributed by atoms with van der Waals surface area (Å²) in [6.07, 6.45) is -1.34. The predicted octanol–water partition coefficient (Wildman–Crippen LogP) is 1.97. The Kier molecular flexibility index (Phi) is 11.3. The van der Waals surface area contributed by atoms with Gasteiger partial charge < -0.3 is 18.9 Å². The second-order valence-corrected chi connectivity index (χ2v) is 2.51. The maximum absolute atomic E-state index is 10.2. The van der Waals surface area contributed by atoms with Gasteiger partial charge >= 0.3 is 12.3 Å². The van der Waals surface area contributed by atoms with Gasteiger partial charge in [-0.15, -0.1) is 0 Å². The van der Waals surface area contributed by atoms with Gasteiger partial charge in [-0.3, -0.25) is 0 Å². The molecule has 0 aliphatic heterocycles. The Morgan fingerprint density at radius 2 is 1.53 bits per heavy atom. The number of carbonyl (C=O) groups is 2. The van der Waals surface area contributed by atoms with Crippen LogP contribution in [0, 0.1) is 0 Å². The Morgan fingerprint density at radius 1 is 1.07 bits per heavy atom. The van der Waals surface area contributed by atoms with Gasteiger partial charge in [-0.25, -0.2) is 9.59 Å². The summed E-state index contributed by atoms with van der Waals surface area (Å²) < 4.78 is 17.2. The Morgan fingerprint density at radius 3 is 1.67 bits per heavy atom. The zero-order valence-corrected chi connectivity index (χ0v) is 9.73. The third kappa shape index (κ3) is 15.3. The first kappa shape index (κ1) is 16.0. The average Bonchev–Trinajstić information content (AvgIpc) is 2.18. The summed E-state index contributed by atoms with van der Waals surface area (Å²) in [5.41, 5.74) is 0. The number of hydrogen-bond acceptors (Lipinski definition) is 6. The van der Waals surface area contributed by atoms with E-state index in [0.717, 1.165) is 0 Å². The molecule has 0 spiro atoms. The van der Waals surface area contributed by atoms with Gasteiger partial charge in [-0.2, -0.15) is 0 Å².